The molecule has 0 aromatic carbocycles. The van der Waals surface area contributed by atoms with Crippen LogP contribution in [0.5, 0.6) is 0 Å². The Labute approximate surface area is 92.6 Å². The van der Waals surface area contributed by atoms with Gasteiger partial charge in [0.2, 0.25) is 5.16 Å². The third-order valence-corrected chi connectivity index (χ3v) is 3.54. The Morgan fingerprint density at radius 1 is 1.67 bits per heavy atom. The van der Waals surface area contributed by atoms with Crippen LogP contribution in [0.15, 0.2) is 5.16 Å². The van der Waals surface area contributed by atoms with Gasteiger partial charge in [-0.05, 0) is 30.2 Å². The average molecular weight is 226 g/mol. The van der Waals surface area contributed by atoms with Crippen molar-refractivity contribution in [2.45, 2.75) is 49.6 Å². The van der Waals surface area contributed by atoms with E-state index in [1.807, 2.05) is 18.5 Å². The van der Waals surface area contributed by atoms with Crippen molar-refractivity contribution in [1.82, 2.24) is 20.2 Å². The van der Waals surface area contributed by atoms with E-state index in [4.69, 9.17) is 0 Å². The molecule has 1 fully saturated rings. The molecule has 1 heterocycles. The molecule has 0 saturated heterocycles. The maximum atomic E-state index is 11.4. The van der Waals surface area contributed by atoms with Crippen molar-refractivity contribution in [3.63, 3.8) is 0 Å². The van der Waals surface area contributed by atoms with E-state index >= 15 is 0 Å². The van der Waals surface area contributed by atoms with E-state index in [2.05, 4.69) is 15.5 Å². The standard InChI is InChI=1S/C9H14N4OS/c1-3-8(14)6(2)15-9-10-11-12-13(9)7-4-5-7/h6-7H,3-5H2,1-2H3. The first kappa shape index (κ1) is 10.6. The van der Waals surface area contributed by atoms with Crippen LogP contribution >= 0.6 is 11.8 Å². The fraction of sp³-hybridized carbons (Fsp3) is 0.778. The SMILES string of the molecule is CCC(=O)C(C)Sc1nnnn1C1CC1. The highest BCUT2D eigenvalue weighted by Crippen LogP contribution is 2.37. The summed E-state index contributed by atoms with van der Waals surface area (Å²) in [6.45, 7) is 3.78. The predicted molar refractivity (Wildman–Crippen MR) is 56.7 cm³/mol. The van der Waals surface area contributed by atoms with E-state index in [-0.39, 0.29) is 11.0 Å². The Bertz CT molecular complexity index is 361. The summed E-state index contributed by atoms with van der Waals surface area (Å²) in [5, 5.41) is 12.3. The van der Waals surface area contributed by atoms with E-state index in [1.165, 1.54) is 11.8 Å². The fourth-order valence-electron chi connectivity index (χ4n) is 1.32. The van der Waals surface area contributed by atoms with Crippen molar-refractivity contribution in [1.29, 1.82) is 0 Å². The van der Waals surface area contributed by atoms with Gasteiger partial charge in [0.25, 0.3) is 0 Å². The van der Waals surface area contributed by atoms with E-state index in [9.17, 15) is 4.79 Å². The largest absolute Gasteiger partial charge is 0.298 e. The average Bonchev–Trinajstić information content (AvgIpc) is 2.99. The van der Waals surface area contributed by atoms with Crippen molar-refractivity contribution in [2.24, 2.45) is 0 Å². The third-order valence-electron chi connectivity index (χ3n) is 2.44. The van der Waals surface area contributed by atoms with Gasteiger partial charge >= 0.3 is 0 Å². The van der Waals surface area contributed by atoms with Gasteiger partial charge in [-0.3, -0.25) is 4.79 Å². The first-order valence-electron chi connectivity index (χ1n) is 5.19. The third kappa shape index (κ3) is 2.37. The molecule has 1 saturated carbocycles. The summed E-state index contributed by atoms with van der Waals surface area (Å²) in [4.78, 5) is 11.4. The van der Waals surface area contributed by atoms with Gasteiger partial charge in [0.05, 0.1) is 11.3 Å². The van der Waals surface area contributed by atoms with E-state index in [1.54, 1.807) is 0 Å². The Balaban J connectivity index is 2.03. The molecular weight excluding hydrogens is 212 g/mol. The molecule has 0 aliphatic heterocycles. The van der Waals surface area contributed by atoms with Crippen LogP contribution < -0.4 is 0 Å². The summed E-state index contributed by atoms with van der Waals surface area (Å²) in [5.41, 5.74) is 0. The van der Waals surface area contributed by atoms with Crippen LogP contribution in [-0.2, 0) is 4.79 Å². The minimum Gasteiger partial charge on any atom is -0.298 e. The normalized spacial score (nSPS) is 17.7. The van der Waals surface area contributed by atoms with E-state index < -0.39 is 0 Å². The van der Waals surface area contributed by atoms with Crippen molar-refractivity contribution >= 4 is 17.5 Å². The minimum atomic E-state index is -0.0569. The lowest BCUT2D eigenvalue weighted by molar-refractivity contribution is -0.118. The highest BCUT2D eigenvalue weighted by atomic mass is 32.2. The Hall–Kier alpha value is -0.910. The number of tetrazole rings is 1. The van der Waals surface area contributed by atoms with Crippen LogP contribution in [0.4, 0.5) is 0 Å². The van der Waals surface area contributed by atoms with Crippen LogP contribution in [0.2, 0.25) is 0 Å². The van der Waals surface area contributed by atoms with Crippen molar-refractivity contribution in [3.8, 4) is 0 Å². The summed E-state index contributed by atoms with van der Waals surface area (Å²) in [6.07, 6.45) is 2.86. The first-order valence-corrected chi connectivity index (χ1v) is 6.07. The quantitative estimate of drug-likeness (QED) is 0.711. The highest BCUT2D eigenvalue weighted by Gasteiger charge is 2.29. The molecule has 0 bridgehead atoms. The zero-order valence-corrected chi connectivity index (χ0v) is 9.70. The van der Waals surface area contributed by atoms with Gasteiger partial charge < -0.3 is 0 Å². The first-order chi connectivity index (χ1) is 7.22. The monoisotopic (exact) mass is 226 g/mol. The maximum Gasteiger partial charge on any atom is 0.210 e. The van der Waals surface area contributed by atoms with Gasteiger partial charge in [-0.15, -0.1) is 5.10 Å². The number of Topliss-reactive ketones (excluding diaryl/α,β-unsaturated/α-hetero) is 1. The lowest BCUT2D eigenvalue weighted by Crippen LogP contribution is -2.13. The molecular formula is C9H14N4OS. The molecule has 0 radical (unpaired) electrons. The molecule has 1 atom stereocenters. The van der Waals surface area contributed by atoms with Gasteiger partial charge in [-0.25, -0.2) is 4.68 Å². The Morgan fingerprint density at radius 3 is 3.00 bits per heavy atom. The molecule has 2 rings (SSSR count). The second-order valence-electron chi connectivity index (χ2n) is 3.72. The molecule has 6 heteroatoms. The lowest BCUT2D eigenvalue weighted by atomic mass is 10.2. The second-order valence-corrected chi connectivity index (χ2v) is 5.03. The summed E-state index contributed by atoms with van der Waals surface area (Å²) >= 11 is 1.46. The molecule has 1 aliphatic rings. The molecule has 1 aromatic rings. The number of nitrogens with zero attached hydrogens (tertiary/aromatic N) is 4. The second kappa shape index (κ2) is 4.30. The number of ketones is 1. The van der Waals surface area contributed by atoms with Crippen molar-refractivity contribution in [3.05, 3.63) is 0 Å². The number of hydrogen-bond acceptors (Lipinski definition) is 5. The highest BCUT2D eigenvalue weighted by molar-refractivity contribution is 8.00. The molecule has 82 valence electrons. The van der Waals surface area contributed by atoms with Crippen molar-refractivity contribution < 1.29 is 4.79 Å². The van der Waals surface area contributed by atoms with Crippen molar-refractivity contribution in [2.75, 3.05) is 0 Å². The van der Waals surface area contributed by atoms with Crippen LogP contribution in [0.1, 0.15) is 39.2 Å². The Morgan fingerprint density at radius 2 is 2.40 bits per heavy atom. The number of aromatic nitrogens is 4. The molecule has 0 spiro atoms. The van der Waals surface area contributed by atoms with E-state index in [0.29, 0.717) is 12.5 Å². The summed E-state index contributed by atoms with van der Waals surface area (Å²) in [7, 11) is 0. The summed E-state index contributed by atoms with van der Waals surface area (Å²) in [5.74, 6) is 0.241. The number of hydrogen-bond donors (Lipinski definition) is 0. The summed E-state index contributed by atoms with van der Waals surface area (Å²) in [6, 6.07) is 0.464. The topological polar surface area (TPSA) is 60.7 Å². The van der Waals surface area contributed by atoms with Gasteiger partial charge in [-0.1, -0.05) is 18.7 Å². The van der Waals surface area contributed by atoms with Crippen LogP contribution in [0.3, 0.4) is 0 Å². The number of rotatable bonds is 5. The minimum absolute atomic E-state index is 0.0569. The van der Waals surface area contributed by atoms with Crippen LogP contribution in [0.25, 0.3) is 0 Å². The van der Waals surface area contributed by atoms with Gasteiger partial charge in [-0.2, -0.15) is 0 Å². The number of carbonyl (C=O) groups excluding carboxylic acids is 1. The van der Waals surface area contributed by atoms with E-state index in [0.717, 1.165) is 18.0 Å². The zero-order valence-electron chi connectivity index (χ0n) is 8.88. The smallest absolute Gasteiger partial charge is 0.210 e. The molecule has 15 heavy (non-hydrogen) atoms. The molecule has 1 aliphatic carbocycles. The Kier molecular flexibility index (Phi) is 3.04. The number of carbonyl (C=O) groups is 1. The maximum absolute atomic E-state index is 11.4. The molecule has 0 N–H and O–H groups in total. The van der Waals surface area contributed by atoms with Gasteiger partial charge in [0.1, 0.15) is 5.78 Å². The fourth-order valence-corrected chi connectivity index (χ4v) is 2.31. The van der Waals surface area contributed by atoms with Gasteiger partial charge in [0.15, 0.2) is 0 Å². The molecule has 1 unspecified atom stereocenters. The zero-order chi connectivity index (χ0) is 10.8. The molecule has 1 aromatic heterocycles. The molecule has 0 amide bonds. The summed E-state index contributed by atoms with van der Waals surface area (Å²) < 4.78 is 1.84. The van der Waals surface area contributed by atoms with Crippen LogP contribution in [-0.4, -0.2) is 31.2 Å². The lowest BCUT2D eigenvalue weighted by Gasteiger charge is -2.07. The van der Waals surface area contributed by atoms with Crippen LogP contribution in [0, 0.1) is 0 Å². The molecule has 5 nitrogen and oxygen atoms in total. The number of thioether (sulfide) groups is 1. The predicted octanol–water partition coefficient (Wildman–Crippen LogP) is 1.47. The van der Waals surface area contributed by atoms with Gasteiger partial charge in [0, 0.05) is 6.42 Å².